The number of likely N-dealkylation sites (tertiary alicyclic amines) is 1. The van der Waals surface area contributed by atoms with Crippen molar-refractivity contribution >= 4 is 5.71 Å². The molecule has 0 aromatic heterocycles. The maximum Gasteiger partial charge on any atom is 0.147 e. The first-order valence-electron chi connectivity index (χ1n) is 7.87. The molecular formula is C17H27FN2. The zero-order valence-electron chi connectivity index (χ0n) is 13.4. The summed E-state index contributed by atoms with van der Waals surface area (Å²) in [6.45, 7) is 12.0. The minimum Gasteiger partial charge on any atom is -0.293 e. The monoisotopic (exact) mass is 278 g/mol. The molecule has 1 aliphatic heterocycles. The molecule has 0 amide bonds. The van der Waals surface area contributed by atoms with Crippen LogP contribution in [-0.2, 0) is 0 Å². The van der Waals surface area contributed by atoms with Crippen LogP contribution in [-0.4, -0.2) is 35.8 Å². The van der Waals surface area contributed by atoms with E-state index in [1.807, 2.05) is 13.8 Å². The van der Waals surface area contributed by atoms with E-state index in [1.165, 1.54) is 5.57 Å². The molecule has 2 aliphatic rings. The third-order valence-electron chi connectivity index (χ3n) is 4.49. The minimum atomic E-state index is -0.100. The van der Waals surface area contributed by atoms with Crippen molar-refractivity contribution in [2.75, 3.05) is 13.1 Å². The van der Waals surface area contributed by atoms with Gasteiger partial charge >= 0.3 is 0 Å². The summed E-state index contributed by atoms with van der Waals surface area (Å²) in [5.41, 5.74) is 2.64. The van der Waals surface area contributed by atoms with Gasteiger partial charge in [0.15, 0.2) is 0 Å². The van der Waals surface area contributed by atoms with E-state index in [9.17, 15) is 4.39 Å². The van der Waals surface area contributed by atoms with Gasteiger partial charge in [-0.2, -0.15) is 0 Å². The van der Waals surface area contributed by atoms with Gasteiger partial charge in [-0.3, -0.25) is 9.89 Å². The molecule has 2 unspecified atom stereocenters. The first kappa shape index (κ1) is 15.4. The second kappa shape index (κ2) is 6.21. The van der Waals surface area contributed by atoms with Crippen molar-refractivity contribution in [2.45, 2.75) is 59.5 Å². The molecule has 0 saturated carbocycles. The van der Waals surface area contributed by atoms with Crippen molar-refractivity contribution in [1.82, 2.24) is 4.90 Å². The van der Waals surface area contributed by atoms with E-state index in [-0.39, 0.29) is 5.83 Å². The highest BCUT2D eigenvalue weighted by atomic mass is 19.1. The predicted molar refractivity (Wildman–Crippen MR) is 83.9 cm³/mol. The van der Waals surface area contributed by atoms with E-state index in [2.05, 4.69) is 29.8 Å². The van der Waals surface area contributed by atoms with Crippen LogP contribution in [0.2, 0.25) is 0 Å². The van der Waals surface area contributed by atoms with Gasteiger partial charge in [0.2, 0.25) is 0 Å². The molecule has 3 heteroatoms. The molecule has 2 atom stereocenters. The van der Waals surface area contributed by atoms with Crippen LogP contribution in [0.15, 0.2) is 28.0 Å². The van der Waals surface area contributed by atoms with E-state index in [0.717, 1.165) is 25.0 Å². The Labute approximate surface area is 122 Å². The highest BCUT2D eigenvalue weighted by Crippen LogP contribution is 2.42. The van der Waals surface area contributed by atoms with Gasteiger partial charge in [-0.05, 0) is 57.6 Å². The van der Waals surface area contributed by atoms with Crippen LogP contribution < -0.4 is 0 Å². The van der Waals surface area contributed by atoms with Gasteiger partial charge < -0.3 is 0 Å². The fraction of sp³-hybridized carbons (Fsp3) is 0.706. The maximum absolute atomic E-state index is 14.6. The Bertz CT molecular complexity index is 460. The molecular weight excluding hydrogens is 251 g/mol. The Morgan fingerprint density at radius 3 is 2.65 bits per heavy atom. The lowest BCUT2D eigenvalue weighted by Crippen LogP contribution is -2.38. The molecule has 0 radical (unpaired) electrons. The largest absolute Gasteiger partial charge is 0.293 e. The Hall–Kier alpha value is -0.960. The van der Waals surface area contributed by atoms with E-state index >= 15 is 0 Å². The molecule has 2 nitrogen and oxygen atoms in total. The fourth-order valence-corrected chi connectivity index (χ4v) is 3.57. The van der Waals surface area contributed by atoms with Crippen LogP contribution in [0.25, 0.3) is 0 Å². The summed E-state index contributed by atoms with van der Waals surface area (Å²) in [5, 5.41) is 0. The van der Waals surface area contributed by atoms with Crippen LogP contribution in [0.1, 0.15) is 47.5 Å². The van der Waals surface area contributed by atoms with E-state index < -0.39 is 0 Å². The number of rotatable bonds is 5. The number of aliphatic imine (C=N–C) groups is 1. The number of allylic oxidation sites excluding steroid dienone is 1. The van der Waals surface area contributed by atoms with Crippen LogP contribution in [0, 0.1) is 5.92 Å². The zero-order valence-corrected chi connectivity index (χ0v) is 13.4. The first-order chi connectivity index (χ1) is 9.49. The van der Waals surface area contributed by atoms with E-state index in [1.54, 1.807) is 6.92 Å². The maximum atomic E-state index is 14.6. The summed E-state index contributed by atoms with van der Waals surface area (Å²) in [6, 6.07) is 0.940. The fourth-order valence-electron chi connectivity index (χ4n) is 3.57. The quantitative estimate of drug-likeness (QED) is 0.690. The summed E-state index contributed by atoms with van der Waals surface area (Å²) in [4.78, 5) is 6.73. The van der Waals surface area contributed by atoms with Crippen LogP contribution in [0.3, 0.4) is 0 Å². The highest BCUT2D eigenvalue weighted by molar-refractivity contribution is 5.97. The molecule has 0 aromatic rings. The molecule has 112 valence electrons. The average molecular weight is 278 g/mol. The van der Waals surface area contributed by atoms with Gasteiger partial charge in [-0.1, -0.05) is 13.0 Å². The number of fused-ring (bicyclic) bond motifs is 2. The van der Waals surface area contributed by atoms with Crippen LogP contribution in [0.5, 0.6) is 0 Å². The summed E-state index contributed by atoms with van der Waals surface area (Å²) >= 11 is 0. The topological polar surface area (TPSA) is 15.6 Å². The normalized spacial score (nSPS) is 28.1. The smallest absolute Gasteiger partial charge is 0.147 e. The molecule has 0 spiro atoms. The third kappa shape index (κ3) is 2.73. The third-order valence-corrected chi connectivity index (χ3v) is 4.49. The second-order valence-electron chi connectivity index (χ2n) is 6.13. The lowest BCUT2D eigenvalue weighted by atomic mass is 9.95. The number of halogens is 1. The Morgan fingerprint density at radius 1 is 1.45 bits per heavy atom. The van der Waals surface area contributed by atoms with Gasteiger partial charge in [0.25, 0.3) is 0 Å². The van der Waals surface area contributed by atoms with E-state index in [0.29, 0.717) is 30.3 Å². The summed E-state index contributed by atoms with van der Waals surface area (Å²) in [7, 11) is 0. The molecule has 1 fully saturated rings. The van der Waals surface area contributed by atoms with Crippen molar-refractivity contribution in [3.05, 3.63) is 23.0 Å². The van der Waals surface area contributed by atoms with Crippen molar-refractivity contribution < 1.29 is 4.39 Å². The second-order valence-corrected chi connectivity index (χ2v) is 6.13. The summed E-state index contributed by atoms with van der Waals surface area (Å²) < 4.78 is 14.6. The zero-order chi connectivity index (χ0) is 14.9. The van der Waals surface area contributed by atoms with Crippen molar-refractivity contribution in [3.63, 3.8) is 0 Å². The number of hydrogen-bond acceptors (Lipinski definition) is 2. The molecule has 0 aromatic carbocycles. The molecule has 2 bridgehead atoms. The SMILES string of the molecule is CCN=C(C)/C(F)=C(\CC)C1=CC2CC1N(C(C)C)C2. The van der Waals surface area contributed by atoms with Crippen LogP contribution in [0.4, 0.5) is 4.39 Å². The van der Waals surface area contributed by atoms with Gasteiger partial charge in [-0.25, -0.2) is 4.39 Å². The Kier molecular flexibility index (Phi) is 4.79. The lowest BCUT2D eigenvalue weighted by molar-refractivity contribution is 0.218. The predicted octanol–water partition coefficient (Wildman–Crippen LogP) is 4.14. The van der Waals surface area contributed by atoms with Crippen molar-refractivity contribution in [2.24, 2.45) is 10.9 Å². The Balaban J connectivity index is 2.32. The van der Waals surface area contributed by atoms with Gasteiger partial charge in [-0.15, -0.1) is 0 Å². The van der Waals surface area contributed by atoms with Gasteiger partial charge in [0.1, 0.15) is 5.83 Å². The average Bonchev–Trinajstić information content (AvgIpc) is 2.99. The standard InChI is InChI=1S/C17H27FN2/c1-6-14(17(18)12(5)19-7-2)15-8-13-9-16(15)20(10-13)11(3)4/h8,11,13,16H,6-7,9-10H2,1-5H3/b17-14-,19-12?. The van der Waals surface area contributed by atoms with Crippen molar-refractivity contribution in [1.29, 1.82) is 0 Å². The van der Waals surface area contributed by atoms with Crippen molar-refractivity contribution in [3.8, 4) is 0 Å². The minimum absolute atomic E-state index is 0.100. The number of hydrogen-bond donors (Lipinski definition) is 0. The number of nitrogens with zero attached hydrogens (tertiary/aromatic N) is 2. The molecule has 0 N–H and O–H groups in total. The molecule has 1 heterocycles. The summed E-state index contributed by atoms with van der Waals surface area (Å²) in [6.07, 6.45) is 4.21. The first-order valence-corrected chi connectivity index (χ1v) is 7.87. The molecule has 1 saturated heterocycles. The van der Waals surface area contributed by atoms with Crippen LogP contribution >= 0.6 is 0 Å². The Morgan fingerprint density at radius 2 is 2.15 bits per heavy atom. The van der Waals surface area contributed by atoms with E-state index in [4.69, 9.17) is 0 Å². The highest BCUT2D eigenvalue weighted by Gasteiger charge is 2.41. The van der Waals surface area contributed by atoms with Gasteiger partial charge in [0, 0.05) is 25.2 Å². The molecule has 20 heavy (non-hydrogen) atoms. The molecule has 2 rings (SSSR count). The molecule has 1 aliphatic carbocycles. The van der Waals surface area contributed by atoms with Gasteiger partial charge in [0.05, 0.1) is 5.71 Å². The summed E-state index contributed by atoms with van der Waals surface area (Å²) in [5.74, 6) is 0.507. The lowest BCUT2D eigenvalue weighted by Gasteiger charge is -2.32.